The van der Waals surface area contributed by atoms with E-state index >= 15 is 0 Å². The summed E-state index contributed by atoms with van der Waals surface area (Å²) in [6, 6.07) is 9.73. The topological polar surface area (TPSA) is 55.4 Å². The zero-order valence-corrected chi connectivity index (χ0v) is 13.2. The quantitative estimate of drug-likeness (QED) is 0.649. The Hall–Kier alpha value is -1.84. The summed E-state index contributed by atoms with van der Waals surface area (Å²) < 4.78 is 5.13. The van der Waals surface area contributed by atoms with Gasteiger partial charge in [-0.2, -0.15) is 0 Å². The van der Waals surface area contributed by atoms with E-state index in [4.69, 9.17) is 4.74 Å². The number of nitrogens with one attached hydrogen (secondary N) is 1. The van der Waals surface area contributed by atoms with Crippen LogP contribution in [-0.2, 0) is 20.9 Å². The van der Waals surface area contributed by atoms with Crippen molar-refractivity contribution in [1.29, 1.82) is 0 Å². The van der Waals surface area contributed by atoms with Crippen LogP contribution in [0.2, 0.25) is 0 Å². The molecule has 0 aliphatic heterocycles. The van der Waals surface area contributed by atoms with Gasteiger partial charge in [-0.3, -0.25) is 9.59 Å². The number of hydrogen-bond acceptors (Lipinski definition) is 3. The van der Waals surface area contributed by atoms with Gasteiger partial charge in [0.2, 0.25) is 5.91 Å². The van der Waals surface area contributed by atoms with Crippen LogP contribution in [0.15, 0.2) is 30.3 Å². The van der Waals surface area contributed by atoms with Gasteiger partial charge in [-0.25, -0.2) is 0 Å². The molecule has 0 radical (unpaired) electrons. The second-order valence-electron chi connectivity index (χ2n) is 5.83. The van der Waals surface area contributed by atoms with Crippen molar-refractivity contribution >= 4 is 11.9 Å². The standard InChI is InChI=1S/C18H25NO3/c1-2-22-18(21)16(15-11-7-4-8-12-15)17(20)19-13-14-9-5-3-6-10-14/h3,5-6,9-10,15-16H,2,4,7-8,11-13H2,1H3,(H,19,20). The minimum atomic E-state index is -0.663. The maximum atomic E-state index is 12.5. The highest BCUT2D eigenvalue weighted by atomic mass is 16.5. The van der Waals surface area contributed by atoms with E-state index in [2.05, 4.69) is 5.32 Å². The molecule has 1 aliphatic carbocycles. The lowest BCUT2D eigenvalue weighted by molar-refractivity contribution is -0.155. The lowest BCUT2D eigenvalue weighted by Crippen LogP contribution is -2.41. The van der Waals surface area contributed by atoms with Crippen molar-refractivity contribution in [2.45, 2.75) is 45.6 Å². The number of carbonyl (C=O) groups is 2. The first kappa shape index (κ1) is 16.5. The van der Waals surface area contributed by atoms with E-state index in [0.717, 1.165) is 31.2 Å². The third kappa shape index (κ3) is 4.58. The number of amides is 1. The Bertz CT molecular complexity index is 480. The number of esters is 1. The molecule has 2 rings (SSSR count). The van der Waals surface area contributed by atoms with Crippen LogP contribution in [0.1, 0.15) is 44.6 Å². The van der Waals surface area contributed by atoms with Gasteiger partial charge in [0.05, 0.1) is 6.61 Å². The number of rotatable bonds is 6. The summed E-state index contributed by atoms with van der Waals surface area (Å²) in [5, 5.41) is 2.90. The predicted octanol–water partition coefficient (Wildman–Crippen LogP) is 3.06. The Balaban J connectivity index is 1.99. The molecule has 0 spiro atoms. The van der Waals surface area contributed by atoms with Crippen LogP contribution in [0.25, 0.3) is 0 Å². The highest BCUT2D eigenvalue weighted by molar-refractivity contribution is 5.98. The highest BCUT2D eigenvalue weighted by Gasteiger charge is 2.36. The lowest BCUT2D eigenvalue weighted by Gasteiger charge is -2.27. The molecule has 0 bridgehead atoms. The van der Waals surface area contributed by atoms with E-state index in [0.29, 0.717) is 13.2 Å². The van der Waals surface area contributed by atoms with Crippen molar-refractivity contribution in [3.8, 4) is 0 Å². The molecule has 1 amide bonds. The molecule has 1 atom stereocenters. The Morgan fingerprint density at radius 1 is 1.18 bits per heavy atom. The molecule has 1 unspecified atom stereocenters. The van der Waals surface area contributed by atoms with E-state index in [9.17, 15) is 9.59 Å². The molecular weight excluding hydrogens is 278 g/mol. The van der Waals surface area contributed by atoms with Crippen LogP contribution in [0.4, 0.5) is 0 Å². The molecule has 1 aliphatic rings. The van der Waals surface area contributed by atoms with Crippen molar-refractivity contribution in [3.05, 3.63) is 35.9 Å². The van der Waals surface area contributed by atoms with Gasteiger partial charge in [0, 0.05) is 6.54 Å². The van der Waals surface area contributed by atoms with Gasteiger partial charge in [-0.1, -0.05) is 49.6 Å². The van der Waals surface area contributed by atoms with E-state index in [1.807, 2.05) is 30.3 Å². The van der Waals surface area contributed by atoms with Crippen molar-refractivity contribution in [3.63, 3.8) is 0 Å². The number of hydrogen-bond donors (Lipinski definition) is 1. The molecule has 0 aromatic heterocycles. The van der Waals surface area contributed by atoms with E-state index < -0.39 is 5.92 Å². The first-order valence-electron chi connectivity index (χ1n) is 8.20. The summed E-state index contributed by atoms with van der Waals surface area (Å²) in [5.74, 6) is -1.12. The molecule has 1 N–H and O–H groups in total. The second-order valence-corrected chi connectivity index (χ2v) is 5.83. The first-order valence-corrected chi connectivity index (χ1v) is 8.20. The summed E-state index contributed by atoms with van der Waals surface area (Å²) in [6.45, 7) is 2.54. The molecule has 4 nitrogen and oxygen atoms in total. The van der Waals surface area contributed by atoms with Gasteiger partial charge in [0.15, 0.2) is 0 Å². The molecule has 1 aromatic carbocycles. The highest BCUT2D eigenvalue weighted by Crippen LogP contribution is 2.31. The van der Waals surface area contributed by atoms with Crippen LogP contribution in [-0.4, -0.2) is 18.5 Å². The average molecular weight is 303 g/mol. The van der Waals surface area contributed by atoms with Gasteiger partial charge >= 0.3 is 5.97 Å². The maximum Gasteiger partial charge on any atom is 0.318 e. The van der Waals surface area contributed by atoms with Gasteiger partial charge in [-0.15, -0.1) is 0 Å². The third-order valence-electron chi connectivity index (χ3n) is 4.25. The smallest absolute Gasteiger partial charge is 0.318 e. The SMILES string of the molecule is CCOC(=O)C(C(=O)NCc1ccccc1)C1CCCCC1. The largest absolute Gasteiger partial charge is 0.465 e. The fourth-order valence-corrected chi connectivity index (χ4v) is 3.11. The molecule has 0 saturated heterocycles. The van der Waals surface area contributed by atoms with Gasteiger partial charge in [0.25, 0.3) is 0 Å². The maximum absolute atomic E-state index is 12.5. The second kappa shape index (κ2) is 8.57. The third-order valence-corrected chi connectivity index (χ3v) is 4.25. The van der Waals surface area contributed by atoms with Crippen LogP contribution in [0.5, 0.6) is 0 Å². The Kier molecular flexibility index (Phi) is 6.44. The van der Waals surface area contributed by atoms with E-state index in [1.54, 1.807) is 6.92 Å². The van der Waals surface area contributed by atoms with Crippen molar-refractivity contribution < 1.29 is 14.3 Å². The van der Waals surface area contributed by atoms with E-state index in [-0.39, 0.29) is 17.8 Å². The lowest BCUT2D eigenvalue weighted by atomic mass is 9.79. The Morgan fingerprint density at radius 3 is 2.50 bits per heavy atom. The zero-order valence-electron chi connectivity index (χ0n) is 13.2. The van der Waals surface area contributed by atoms with Crippen molar-refractivity contribution in [1.82, 2.24) is 5.32 Å². The van der Waals surface area contributed by atoms with Crippen LogP contribution < -0.4 is 5.32 Å². The zero-order chi connectivity index (χ0) is 15.8. The average Bonchev–Trinajstić information content (AvgIpc) is 2.55. The van der Waals surface area contributed by atoms with Crippen LogP contribution >= 0.6 is 0 Å². The molecule has 1 saturated carbocycles. The Labute approximate surface area is 132 Å². The summed E-state index contributed by atoms with van der Waals surface area (Å²) in [5.41, 5.74) is 1.03. The number of benzene rings is 1. The van der Waals surface area contributed by atoms with Gasteiger partial charge in [-0.05, 0) is 31.2 Å². The molecular formula is C18H25NO3. The fourth-order valence-electron chi connectivity index (χ4n) is 3.11. The van der Waals surface area contributed by atoms with Crippen LogP contribution in [0.3, 0.4) is 0 Å². The molecule has 120 valence electrons. The van der Waals surface area contributed by atoms with Gasteiger partial charge in [0.1, 0.15) is 5.92 Å². The molecule has 1 aromatic rings. The summed E-state index contributed by atoms with van der Waals surface area (Å²) in [7, 11) is 0. The normalized spacial score (nSPS) is 16.8. The predicted molar refractivity (Wildman–Crippen MR) is 85.0 cm³/mol. The molecule has 1 fully saturated rings. The van der Waals surface area contributed by atoms with Crippen LogP contribution in [0, 0.1) is 11.8 Å². The molecule has 22 heavy (non-hydrogen) atoms. The van der Waals surface area contributed by atoms with E-state index in [1.165, 1.54) is 6.42 Å². The minimum Gasteiger partial charge on any atom is -0.465 e. The first-order chi connectivity index (χ1) is 10.7. The Morgan fingerprint density at radius 2 is 1.86 bits per heavy atom. The minimum absolute atomic E-state index is 0.114. The number of ether oxygens (including phenoxy) is 1. The number of carbonyl (C=O) groups excluding carboxylic acids is 2. The van der Waals surface area contributed by atoms with Crippen molar-refractivity contribution in [2.75, 3.05) is 6.61 Å². The summed E-state index contributed by atoms with van der Waals surface area (Å²) >= 11 is 0. The summed E-state index contributed by atoms with van der Waals surface area (Å²) in [6.07, 6.45) is 5.24. The summed E-state index contributed by atoms with van der Waals surface area (Å²) in [4.78, 5) is 24.7. The van der Waals surface area contributed by atoms with Crippen molar-refractivity contribution in [2.24, 2.45) is 11.8 Å². The molecule has 4 heteroatoms. The molecule has 0 heterocycles. The fraction of sp³-hybridized carbons (Fsp3) is 0.556. The monoisotopic (exact) mass is 303 g/mol. The van der Waals surface area contributed by atoms with Gasteiger partial charge < -0.3 is 10.1 Å².